The van der Waals surface area contributed by atoms with Gasteiger partial charge in [-0.3, -0.25) is 0 Å². The number of nitrogens with one attached hydrogen (secondary N) is 1. The van der Waals surface area contributed by atoms with Gasteiger partial charge in [0.05, 0.1) is 5.01 Å². The first-order valence-electron chi connectivity index (χ1n) is 9.12. The van der Waals surface area contributed by atoms with Crippen LogP contribution in [0.15, 0.2) is 9.90 Å². The summed E-state index contributed by atoms with van der Waals surface area (Å²) < 4.78 is 16.3. The maximum atomic E-state index is 11.7. The van der Waals surface area contributed by atoms with Crippen molar-refractivity contribution in [3.8, 4) is 11.6 Å². The van der Waals surface area contributed by atoms with Crippen molar-refractivity contribution < 1.29 is 18.8 Å². The first-order valence-corrected chi connectivity index (χ1v) is 10.0. The fourth-order valence-corrected chi connectivity index (χ4v) is 3.86. The molecule has 1 amide bonds. The van der Waals surface area contributed by atoms with E-state index in [1.54, 1.807) is 7.11 Å². The van der Waals surface area contributed by atoms with Crippen LogP contribution >= 0.6 is 11.3 Å². The van der Waals surface area contributed by atoms with Crippen LogP contribution in [0.3, 0.4) is 0 Å². The molecule has 1 aliphatic carbocycles. The number of amides is 1. The number of hydrogen-bond donors (Lipinski definition) is 1. The van der Waals surface area contributed by atoms with Gasteiger partial charge in [-0.05, 0) is 46.5 Å². The summed E-state index contributed by atoms with van der Waals surface area (Å²) in [4.78, 5) is 20.7. The van der Waals surface area contributed by atoms with E-state index in [0.717, 1.165) is 30.7 Å². The highest BCUT2D eigenvalue weighted by molar-refractivity contribution is 7.09. The lowest BCUT2D eigenvalue weighted by Gasteiger charge is -2.22. The number of carbonyl (C=O) groups is 1. The van der Waals surface area contributed by atoms with Gasteiger partial charge < -0.3 is 19.3 Å². The highest BCUT2D eigenvalue weighted by atomic mass is 32.1. The third kappa shape index (κ3) is 4.84. The summed E-state index contributed by atoms with van der Waals surface area (Å²) in [5, 5.41) is 9.62. The molecule has 148 valence electrons. The molecule has 0 aliphatic heterocycles. The molecular formula is C18H26N4O4S. The maximum Gasteiger partial charge on any atom is 0.407 e. The van der Waals surface area contributed by atoms with Crippen LogP contribution in [-0.4, -0.2) is 40.5 Å². The Morgan fingerprint density at radius 3 is 2.74 bits per heavy atom. The van der Waals surface area contributed by atoms with Crippen LogP contribution < -0.4 is 5.32 Å². The zero-order chi connectivity index (χ0) is 19.5. The zero-order valence-electron chi connectivity index (χ0n) is 16.2. The number of carbonyl (C=O) groups excluding carboxylic acids is 1. The van der Waals surface area contributed by atoms with E-state index in [1.165, 1.54) is 11.3 Å². The predicted molar refractivity (Wildman–Crippen MR) is 101 cm³/mol. The number of rotatable bonds is 6. The molecule has 0 spiro atoms. The molecule has 2 aromatic heterocycles. The average molecular weight is 394 g/mol. The lowest BCUT2D eigenvalue weighted by molar-refractivity contribution is -0.0178. The third-order valence-electron chi connectivity index (χ3n) is 4.41. The summed E-state index contributed by atoms with van der Waals surface area (Å²) >= 11 is 1.49. The minimum atomic E-state index is -0.507. The first-order chi connectivity index (χ1) is 12.8. The summed E-state index contributed by atoms with van der Waals surface area (Å²) in [6.45, 7) is 5.94. The molecule has 27 heavy (non-hydrogen) atoms. The Bertz CT molecular complexity index is 774. The van der Waals surface area contributed by atoms with E-state index in [2.05, 4.69) is 20.4 Å². The monoisotopic (exact) mass is 394 g/mol. The number of aromatic nitrogens is 3. The number of methoxy groups -OCH3 is 1. The van der Waals surface area contributed by atoms with Crippen LogP contribution in [0, 0.1) is 0 Å². The standard InChI is InChI=1S/C18H26N4O4S/c1-17(2,3)25-16(23)19-10-7-13-20-12(11-27-13)14-21-15(22-26-14)18(24-4)8-5-6-9-18/h11H,5-10H2,1-4H3,(H,19,23). The van der Waals surface area contributed by atoms with Crippen LogP contribution in [0.25, 0.3) is 11.6 Å². The Morgan fingerprint density at radius 2 is 2.07 bits per heavy atom. The fraction of sp³-hybridized carbons (Fsp3) is 0.667. The van der Waals surface area contributed by atoms with Crippen LogP contribution in [-0.2, 0) is 21.5 Å². The molecule has 0 saturated heterocycles. The number of nitrogens with zero attached hydrogens (tertiary/aromatic N) is 3. The van der Waals surface area contributed by atoms with Gasteiger partial charge in [0.1, 0.15) is 16.9 Å². The summed E-state index contributed by atoms with van der Waals surface area (Å²) in [5.41, 5.74) is -0.291. The molecule has 1 saturated carbocycles. The van der Waals surface area contributed by atoms with E-state index in [-0.39, 0.29) is 0 Å². The van der Waals surface area contributed by atoms with Crippen molar-refractivity contribution in [2.24, 2.45) is 0 Å². The summed E-state index contributed by atoms with van der Waals surface area (Å²) in [7, 11) is 1.69. The van der Waals surface area contributed by atoms with E-state index in [9.17, 15) is 4.79 Å². The van der Waals surface area contributed by atoms with Crippen LogP contribution in [0.4, 0.5) is 4.79 Å². The summed E-state index contributed by atoms with van der Waals surface area (Å²) in [5.74, 6) is 0.995. The second-order valence-corrected chi connectivity index (χ2v) is 8.58. The second kappa shape index (κ2) is 7.93. The molecule has 0 aromatic carbocycles. The van der Waals surface area contributed by atoms with E-state index in [1.807, 2.05) is 26.2 Å². The molecule has 0 radical (unpaired) electrons. The largest absolute Gasteiger partial charge is 0.444 e. The Labute approximate surface area is 162 Å². The molecule has 1 N–H and O–H groups in total. The number of thiazole rings is 1. The van der Waals surface area contributed by atoms with Crippen LogP contribution in [0.2, 0.25) is 0 Å². The van der Waals surface area contributed by atoms with Crippen LogP contribution in [0.5, 0.6) is 0 Å². The van der Waals surface area contributed by atoms with Gasteiger partial charge in [-0.15, -0.1) is 11.3 Å². The van der Waals surface area contributed by atoms with Crippen molar-refractivity contribution in [3.05, 3.63) is 16.2 Å². The van der Waals surface area contributed by atoms with Crippen molar-refractivity contribution in [2.75, 3.05) is 13.7 Å². The predicted octanol–water partition coefficient (Wildman–Crippen LogP) is 3.68. The maximum absolute atomic E-state index is 11.7. The molecule has 9 heteroatoms. The Balaban J connectivity index is 1.57. The van der Waals surface area contributed by atoms with E-state index in [4.69, 9.17) is 14.0 Å². The Kier molecular flexibility index (Phi) is 5.81. The van der Waals surface area contributed by atoms with Gasteiger partial charge >= 0.3 is 6.09 Å². The van der Waals surface area contributed by atoms with Crippen molar-refractivity contribution >= 4 is 17.4 Å². The minimum Gasteiger partial charge on any atom is -0.444 e. The molecule has 0 bridgehead atoms. The van der Waals surface area contributed by atoms with E-state index in [0.29, 0.717) is 30.4 Å². The van der Waals surface area contributed by atoms with Crippen molar-refractivity contribution in [2.45, 2.75) is 64.1 Å². The number of hydrogen-bond acceptors (Lipinski definition) is 8. The third-order valence-corrected chi connectivity index (χ3v) is 5.32. The molecular weight excluding hydrogens is 368 g/mol. The summed E-state index contributed by atoms with van der Waals surface area (Å²) in [6, 6.07) is 0. The van der Waals surface area contributed by atoms with Crippen molar-refractivity contribution in [1.29, 1.82) is 0 Å². The minimum absolute atomic E-state index is 0.399. The lowest BCUT2D eigenvalue weighted by Crippen LogP contribution is -2.33. The molecule has 1 aliphatic rings. The highest BCUT2D eigenvalue weighted by Crippen LogP contribution is 2.40. The normalized spacial score (nSPS) is 16.4. The highest BCUT2D eigenvalue weighted by Gasteiger charge is 2.40. The van der Waals surface area contributed by atoms with Crippen LogP contribution in [0.1, 0.15) is 57.3 Å². The molecule has 8 nitrogen and oxygen atoms in total. The van der Waals surface area contributed by atoms with Gasteiger partial charge in [0, 0.05) is 25.5 Å². The van der Waals surface area contributed by atoms with Crippen molar-refractivity contribution in [1.82, 2.24) is 20.4 Å². The smallest absolute Gasteiger partial charge is 0.407 e. The molecule has 3 rings (SSSR count). The molecule has 2 heterocycles. The molecule has 1 fully saturated rings. The first kappa shape index (κ1) is 19.8. The lowest BCUT2D eigenvalue weighted by atomic mass is 10.0. The van der Waals surface area contributed by atoms with Gasteiger partial charge in [0.25, 0.3) is 5.89 Å². The number of alkyl carbamates (subject to hydrolysis) is 1. The Hall–Kier alpha value is -2.00. The quantitative estimate of drug-likeness (QED) is 0.798. The summed E-state index contributed by atoms with van der Waals surface area (Å²) in [6.07, 6.45) is 4.18. The van der Waals surface area contributed by atoms with Crippen molar-refractivity contribution in [3.63, 3.8) is 0 Å². The molecule has 2 aromatic rings. The van der Waals surface area contributed by atoms with E-state index < -0.39 is 17.3 Å². The molecule has 0 atom stereocenters. The van der Waals surface area contributed by atoms with E-state index >= 15 is 0 Å². The topological polar surface area (TPSA) is 99.4 Å². The second-order valence-electron chi connectivity index (χ2n) is 7.63. The Morgan fingerprint density at radius 1 is 1.33 bits per heavy atom. The van der Waals surface area contributed by atoms with Gasteiger partial charge in [-0.1, -0.05) is 5.16 Å². The average Bonchev–Trinajstić information content (AvgIpc) is 3.33. The SMILES string of the molecule is COC1(c2noc(-c3csc(CCNC(=O)OC(C)(C)C)n3)n2)CCCC1. The zero-order valence-corrected chi connectivity index (χ0v) is 17.0. The fourth-order valence-electron chi connectivity index (χ4n) is 3.09. The number of ether oxygens (including phenoxy) is 2. The van der Waals surface area contributed by atoms with Gasteiger partial charge in [-0.2, -0.15) is 4.98 Å². The van der Waals surface area contributed by atoms with Gasteiger partial charge in [0.15, 0.2) is 0 Å². The van der Waals surface area contributed by atoms with Gasteiger partial charge in [0.2, 0.25) is 5.82 Å². The molecule has 0 unspecified atom stereocenters. The van der Waals surface area contributed by atoms with Gasteiger partial charge in [-0.25, -0.2) is 9.78 Å².